The molecule has 3 rings (SSSR count). The molecule has 0 spiro atoms. The first kappa shape index (κ1) is 17.9. The van der Waals surface area contributed by atoms with Gasteiger partial charge in [-0.15, -0.1) is 0 Å². The van der Waals surface area contributed by atoms with Gasteiger partial charge < -0.3 is 19.3 Å². The van der Waals surface area contributed by atoms with E-state index in [0.717, 1.165) is 22.6 Å². The summed E-state index contributed by atoms with van der Waals surface area (Å²) in [6, 6.07) is 12.3. The molecule has 0 saturated carbocycles. The predicted octanol–water partition coefficient (Wildman–Crippen LogP) is 3.85. The number of nitrogens with zero attached hydrogens (tertiary/aromatic N) is 2. The van der Waals surface area contributed by atoms with E-state index >= 15 is 0 Å². The average molecular weight is 357 g/mol. The van der Waals surface area contributed by atoms with Gasteiger partial charge in [0.05, 0.1) is 6.61 Å². The first-order valence-electron chi connectivity index (χ1n) is 8.16. The zero-order valence-corrected chi connectivity index (χ0v) is 14.7. The summed E-state index contributed by atoms with van der Waals surface area (Å²) in [6.45, 7) is 2.94. The topological polar surface area (TPSA) is 69.4 Å². The first-order valence-corrected chi connectivity index (χ1v) is 8.16. The number of anilines is 1. The molecule has 0 fully saturated rings. The van der Waals surface area contributed by atoms with E-state index in [1.54, 1.807) is 20.1 Å². The molecule has 2 aromatic carbocycles. The zero-order valence-electron chi connectivity index (χ0n) is 14.7. The molecule has 7 heteroatoms. The van der Waals surface area contributed by atoms with Crippen molar-refractivity contribution >= 4 is 5.69 Å². The summed E-state index contributed by atoms with van der Waals surface area (Å²) in [4.78, 5) is 4.09. The second-order valence-corrected chi connectivity index (χ2v) is 5.75. The molecule has 26 heavy (non-hydrogen) atoms. The lowest BCUT2D eigenvalue weighted by Gasteiger charge is -2.12. The zero-order chi connectivity index (χ0) is 18.4. The Hall–Kier alpha value is -2.93. The molecule has 0 bridgehead atoms. The van der Waals surface area contributed by atoms with Gasteiger partial charge in [0.15, 0.2) is 6.61 Å². The normalized spacial score (nSPS) is 10.7. The minimum absolute atomic E-state index is 0.255. The van der Waals surface area contributed by atoms with Gasteiger partial charge in [-0.25, -0.2) is 4.39 Å². The highest BCUT2D eigenvalue weighted by Gasteiger charge is 2.05. The fraction of sp³-hybridized carbons (Fsp3) is 0.263. The number of rotatable bonds is 8. The summed E-state index contributed by atoms with van der Waals surface area (Å²) in [5.74, 6) is 1.47. The van der Waals surface area contributed by atoms with E-state index in [4.69, 9.17) is 14.0 Å². The van der Waals surface area contributed by atoms with E-state index in [1.165, 1.54) is 12.1 Å². The highest BCUT2D eigenvalue weighted by molar-refractivity contribution is 5.51. The molecule has 0 saturated heterocycles. The Kier molecular flexibility index (Phi) is 5.80. The maximum absolute atomic E-state index is 13.4. The van der Waals surface area contributed by atoms with Crippen molar-refractivity contribution in [3.63, 3.8) is 0 Å². The number of methoxy groups -OCH3 is 1. The molecule has 1 aromatic heterocycles. The Balaban J connectivity index is 1.56. The fourth-order valence-corrected chi connectivity index (χ4v) is 2.46. The summed E-state index contributed by atoms with van der Waals surface area (Å²) in [7, 11) is 1.59. The third kappa shape index (κ3) is 4.80. The first-order chi connectivity index (χ1) is 12.6. The number of hydrogen-bond acceptors (Lipinski definition) is 6. The quantitative estimate of drug-likeness (QED) is 0.660. The number of hydrogen-bond donors (Lipinski definition) is 1. The molecule has 0 aliphatic heterocycles. The van der Waals surface area contributed by atoms with E-state index in [1.807, 2.05) is 24.3 Å². The SMILES string of the molecule is COCc1cc(F)ccc1NCc1ccc(OCc2noc(C)n2)cc1. The van der Waals surface area contributed by atoms with Crippen molar-refractivity contribution in [1.82, 2.24) is 10.1 Å². The molecule has 3 aromatic rings. The number of nitrogens with one attached hydrogen (secondary N) is 1. The van der Waals surface area contributed by atoms with Crippen LogP contribution in [-0.2, 0) is 24.5 Å². The molecule has 0 radical (unpaired) electrons. The summed E-state index contributed by atoms with van der Waals surface area (Å²) in [5.41, 5.74) is 2.70. The monoisotopic (exact) mass is 357 g/mol. The van der Waals surface area contributed by atoms with Crippen LogP contribution in [0.5, 0.6) is 5.75 Å². The number of aryl methyl sites for hydroxylation is 1. The number of ether oxygens (including phenoxy) is 2. The lowest BCUT2D eigenvalue weighted by Crippen LogP contribution is -2.04. The summed E-state index contributed by atoms with van der Waals surface area (Å²) >= 11 is 0. The minimum Gasteiger partial charge on any atom is -0.485 e. The van der Waals surface area contributed by atoms with Crippen molar-refractivity contribution in [2.45, 2.75) is 26.7 Å². The maximum Gasteiger partial charge on any atom is 0.223 e. The second-order valence-electron chi connectivity index (χ2n) is 5.75. The Morgan fingerprint density at radius 3 is 2.62 bits per heavy atom. The Labute approximate surface area is 150 Å². The van der Waals surface area contributed by atoms with Crippen LogP contribution in [-0.4, -0.2) is 17.3 Å². The molecule has 0 amide bonds. The van der Waals surface area contributed by atoms with Crippen LogP contribution in [0.4, 0.5) is 10.1 Å². The standard InChI is InChI=1S/C19H20FN3O3/c1-13-22-19(23-26-13)12-25-17-6-3-14(4-7-17)10-21-18-8-5-16(20)9-15(18)11-24-2/h3-9,21H,10-12H2,1-2H3. The Bertz CT molecular complexity index is 849. The molecule has 136 valence electrons. The Morgan fingerprint density at radius 2 is 1.92 bits per heavy atom. The lowest BCUT2D eigenvalue weighted by atomic mass is 10.1. The average Bonchev–Trinajstić information content (AvgIpc) is 3.06. The number of halogens is 1. The number of aromatic nitrogens is 2. The smallest absolute Gasteiger partial charge is 0.223 e. The molecule has 0 unspecified atom stereocenters. The third-order valence-corrected chi connectivity index (χ3v) is 3.71. The molecule has 0 aliphatic rings. The molecular weight excluding hydrogens is 337 g/mol. The van der Waals surface area contributed by atoms with Crippen LogP contribution in [0.2, 0.25) is 0 Å². The van der Waals surface area contributed by atoms with Crippen LogP contribution >= 0.6 is 0 Å². The van der Waals surface area contributed by atoms with Crippen molar-refractivity contribution in [2.24, 2.45) is 0 Å². The van der Waals surface area contributed by atoms with E-state index in [2.05, 4.69) is 15.5 Å². The Morgan fingerprint density at radius 1 is 1.12 bits per heavy atom. The fourth-order valence-electron chi connectivity index (χ4n) is 2.46. The lowest BCUT2D eigenvalue weighted by molar-refractivity contribution is 0.185. The predicted molar refractivity (Wildman–Crippen MR) is 94.2 cm³/mol. The van der Waals surface area contributed by atoms with Gasteiger partial charge in [0, 0.05) is 31.8 Å². The van der Waals surface area contributed by atoms with Gasteiger partial charge in [-0.05, 0) is 35.9 Å². The maximum atomic E-state index is 13.4. The van der Waals surface area contributed by atoms with Gasteiger partial charge in [0.2, 0.25) is 11.7 Å². The highest BCUT2D eigenvalue weighted by Crippen LogP contribution is 2.20. The minimum atomic E-state index is -0.277. The van der Waals surface area contributed by atoms with Crippen LogP contribution in [0.15, 0.2) is 47.0 Å². The summed E-state index contributed by atoms with van der Waals surface area (Å²) in [6.07, 6.45) is 0. The van der Waals surface area contributed by atoms with Crippen LogP contribution in [0.25, 0.3) is 0 Å². The molecule has 6 nitrogen and oxygen atoms in total. The van der Waals surface area contributed by atoms with Crippen molar-refractivity contribution in [1.29, 1.82) is 0 Å². The van der Waals surface area contributed by atoms with Crippen LogP contribution in [0.3, 0.4) is 0 Å². The van der Waals surface area contributed by atoms with Crippen molar-refractivity contribution < 1.29 is 18.4 Å². The van der Waals surface area contributed by atoms with Crippen LogP contribution in [0, 0.1) is 12.7 Å². The van der Waals surface area contributed by atoms with Gasteiger partial charge in [-0.3, -0.25) is 0 Å². The largest absolute Gasteiger partial charge is 0.485 e. The van der Waals surface area contributed by atoms with Gasteiger partial charge in [0.25, 0.3) is 0 Å². The van der Waals surface area contributed by atoms with Crippen LogP contribution in [0.1, 0.15) is 22.8 Å². The molecule has 1 heterocycles. The summed E-state index contributed by atoms with van der Waals surface area (Å²) in [5, 5.41) is 7.08. The van der Waals surface area contributed by atoms with Gasteiger partial charge >= 0.3 is 0 Å². The van der Waals surface area contributed by atoms with Crippen molar-refractivity contribution in [2.75, 3.05) is 12.4 Å². The second kappa shape index (κ2) is 8.44. The van der Waals surface area contributed by atoms with Gasteiger partial charge in [0.1, 0.15) is 11.6 Å². The van der Waals surface area contributed by atoms with E-state index in [-0.39, 0.29) is 12.4 Å². The third-order valence-electron chi connectivity index (χ3n) is 3.71. The van der Waals surface area contributed by atoms with Crippen molar-refractivity contribution in [3.05, 3.63) is 71.1 Å². The summed E-state index contributed by atoms with van der Waals surface area (Å²) < 4.78 is 29.0. The molecular formula is C19H20FN3O3. The number of benzene rings is 2. The van der Waals surface area contributed by atoms with E-state index in [0.29, 0.717) is 24.9 Å². The van der Waals surface area contributed by atoms with Gasteiger partial charge in [-0.2, -0.15) is 4.98 Å². The van der Waals surface area contributed by atoms with Gasteiger partial charge in [-0.1, -0.05) is 17.3 Å². The van der Waals surface area contributed by atoms with E-state index in [9.17, 15) is 4.39 Å². The molecule has 0 atom stereocenters. The van der Waals surface area contributed by atoms with Crippen LogP contribution < -0.4 is 10.1 Å². The molecule has 0 aliphatic carbocycles. The van der Waals surface area contributed by atoms with E-state index < -0.39 is 0 Å². The van der Waals surface area contributed by atoms with Crippen molar-refractivity contribution in [3.8, 4) is 5.75 Å². The highest BCUT2D eigenvalue weighted by atomic mass is 19.1. The molecule has 1 N–H and O–H groups in total.